The van der Waals surface area contributed by atoms with Crippen LogP contribution in [0.3, 0.4) is 0 Å². The van der Waals surface area contributed by atoms with Gasteiger partial charge in [-0.25, -0.2) is 4.79 Å². The summed E-state index contributed by atoms with van der Waals surface area (Å²) in [4.78, 5) is 90.3. The normalized spacial score (nSPS) is 16.8. The molecule has 0 spiro atoms. The molecule has 14 nitrogen and oxygen atoms in total. The van der Waals surface area contributed by atoms with Crippen molar-refractivity contribution in [3.8, 4) is 11.5 Å². The Morgan fingerprint density at radius 2 is 1.63 bits per heavy atom. The second-order valence-electron chi connectivity index (χ2n) is 11.7. The highest BCUT2D eigenvalue weighted by molar-refractivity contribution is 6.38. The molecule has 254 valence electrons. The lowest BCUT2D eigenvalue weighted by Gasteiger charge is -2.36. The maximum atomic E-state index is 13.5. The average Bonchev–Trinajstić information content (AvgIpc) is 3.10. The van der Waals surface area contributed by atoms with Gasteiger partial charge in [0.05, 0.1) is 19.1 Å². The molecule has 6 rings (SSSR count). The largest absolute Gasteiger partial charge is 0.479 e. The third-order valence-electron chi connectivity index (χ3n) is 8.24. The maximum absolute atomic E-state index is 13.5. The lowest BCUT2D eigenvalue weighted by molar-refractivity contribution is -0.144. The number of ketones is 1. The number of carboxylic acids is 1. The van der Waals surface area contributed by atoms with Gasteiger partial charge in [0.2, 0.25) is 29.4 Å². The van der Waals surface area contributed by atoms with Crippen LogP contribution in [0.5, 0.6) is 11.5 Å². The van der Waals surface area contributed by atoms with Gasteiger partial charge >= 0.3 is 5.97 Å². The van der Waals surface area contributed by atoms with E-state index in [-0.39, 0.29) is 31.8 Å². The summed E-state index contributed by atoms with van der Waals surface area (Å²) >= 11 is 0. The van der Waals surface area contributed by atoms with Crippen molar-refractivity contribution in [1.82, 2.24) is 26.2 Å². The van der Waals surface area contributed by atoms with E-state index in [9.17, 15) is 38.7 Å². The highest BCUT2D eigenvalue weighted by Gasteiger charge is 2.36. The van der Waals surface area contributed by atoms with Crippen LogP contribution in [-0.4, -0.2) is 76.5 Å². The summed E-state index contributed by atoms with van der Waals surface area (Å²) in [5, 5.41) is 19.1. The predicted molar refractivity (Wildman–Crippen MR) is 173 cm³/mol. The molecule has 3 aliphatic heterocycles. The number of carbonyl (C=O) groups is 7. The Kier molecular flexibility index (Phi) is 10.7. The number of amides is 5. The number of carbonyl (C=O) groups excluding carboxylic acids is 6. The van der Waals surface area contributed by atoms with Crippen molar-refractivity contribution in [3.05, 3.63) is 95.1 Å². The quantitative estimate of drug-likeness (QED) is 0.206. The molecule has 0 fully saturated rings. The minimum Gasteiger partial charge on any atom is -0.479 e. The molecular formula is C35H35N5O9. The van der Waals surface area contributed by atoms with E-state index in [1.54, 1.807) is 36.4 Å². The molecule has 0 aromatic heterocycles. The molecule has 49 heavy (non-hydrogen) atoms. The number of aryl methyl sites for hydroxylation is 1. The molecule has 5 bridgehead atoms. The second kappa shape index (κ2) is 15.2. The van der Waals surface area contributed by atoms with Crippen molar-refractivity contribution < 1.29 is 43.4 Å². The summed E-state index contributed by atoms with van der Waals surface area (Å²) in [6.45, 7) is 0.278. The van der Waals surface area contributed by atoms with Gasteiger partial charge in [-0.3, -0.25) is 28.8 Å². The first-order valence-electron chi connectivity index (χ1n) is 15.6. The molecule has 3 heterocycles. The Balaban J connectivity index is 1.23. The minimum atomic E-state index is -1.37. The van der Waals surface area contributed by atoms with Crippen molar-refractivity contribution >= 4 is 41.3 Å². The molecule has 0 saturated heterocycles. The summed E-state index contributed by atoms with van der Waals surface area (Å²) in [5.41, 5.74) is 2.75. The summed E-state index contributed by atoms with van der Waals surface area (Å²) in [7, 11) is 0. The lowest BCUT2D eigenvalue weighted by atomic mass is 9.92. The zero-order chi connectivity index (χ0) is 35.1. The van der Waals surface area contributed by atoms with Crippen LogP contribution in [0.2, 0.25) is 0 Å². The first-order valence-corrected chi connectivity index (χ1v) is 15.6. The minimum absolute atomic E-state index is 0.0243. The number of nitrogens with zero attached hydrogens (tertiary/aromatic N) is 1. The van der Waals surface area contributed by atoms with E-state index in [4.69, 9.17) is 4.74 Å². The molecular weight excluding hydrogens is 634 g/mol. The van der Waals surface area contributed by atoms with Gasteiger partial charge < -0.3 is 36.0 Å². The van der Waals surface area contributed by atoms with Gasteiger partial charge in [-0.2, -0.15) is 0 Å². The molecule has 0 aliphatic carbocycles. The summed E-state index contributed by atoms with van der Waals surface area (Å²) in [5.74, 6) is -4.80. The van der Waals surface area contributed by atoms with Crippen LogP contribution < -0.4 is 26.0 Å². The lowest BCUT2D eigenvalue weighted by Crippen LogP contribution is -2.57. The standard InChI is InChI=1S/C35H35N5O9/c1-20(32(44)34(46)37-17-29(42)39-31(35(47)48)22-5-3-2-4-6-22)38-33(45)27-16-23-10-13-26-15-24(23)19-40(27)30(43)18-36-28(41)14-9-21-7-11-25(49-26)12-8-21/h2-8,10-13,15,20,27,31H,9,14,16-19H2,1H3,(H,36,41)(H,37,46)(H,38,45)(H,39,42)(H,47,48). The highest BCUT2D eigenvalue weighted by Crippen LogP contribution is 2.30. The molecule has 3 unspecified atom stereocenters. The van der Waals surface area contributed by atoms with Crippen molar-refractivity contribution in [2.45, 2.75) is 50.9 Å². The molecule has 3 aromatic carbocycles. The monoisotopic (exact) mass is 669 g/mol. The number of carboxylic acid groups (broad SMARTS) is 1. The van der Waals surface area contributed by atoms with E-state index in [1.165, 1.54) is 24.0 Å². The van der Waals surface area contributed by atoms with Gasteiger partial charge in [0.15, 0.2) is 6.04 Å². The zero-order valence-electron chi connectivity index (χ0n) is 26.6. The Labute approximate surface area is 281 Å². The van der Waals surface area contributed by atoms with Gasteiger partial charge in [0.25, 0.3) is 5.91 Å². The summed E-state index contributed by atoms with van der Waals surface area (Å²) in [6.07, 6.45) is 0.695. The number of hydrogen-bond donors (Lipinski definition) is 5. The average molecular weight is 670 g/mol. The number of nitrogens with one attached hydrogen (secondary N) is 4. The molecule has 3 atom stereocenters. The topological polar surface area (TPSA) is 200 Å². The predicted octanol–water partition coefficient (Wildman–Crippen LogP) is 0.927. The van der Waals surface area contributed by atoms with E-state index < -0.39 is 60.1 Å². The van der Waals surface area contributed by atoms with Crippen LogP contribution in [-0.2, 0) is 52.9 Å². The first-order chi connectivity index (χ1) is 23.5. The molecule has 3 aromatic rings. The van der Waals surface area contributed by atoms with Crippen molar-refractivity contribution in [3.63, 3.8) is 0 Å². The Hall–Kier alpha value is -6.05. The third-order valence-corrected chi connectivity index (χ3v) is 8.24. The number of fused-ring (bicyclic) bond motifs is 7. The summed E-state index contributed by atoms with van der Waals surface area (Å²) in [6, 6.07) is 16.9. The zero-order valence-corrected chi connectivity index (χ0v) is 26.6. The first kappa shape index (κ1) is 34.3. The van der Waals surface area contributed by atoms with Gasteiger partial charge in [-0.1, -0.05) is 48.5 Å². The Bertz CT molecular complexity index is 1780. The maximum Gasteiger partial charge on any atom is 0.330 e. The van der Waals surface area contributed by atoms with Gasteiger partial charge in [-0.05, 0) is 59.9 Å². The van der Waals surface area contributed by atoms with E-state index in [1.807, 2.05) is 24.3 Å². The second-order valence-corrected chi connectivity index (χ2v) is 11.7. The van der Waals surface area contributed by atoms with E-state index >= 15 is 0 Å². The van der Waals surface area contributed by atoms with Crippen LogP contribution in [0.25, 0.3) is 0 Å². The van der Waals surface area contributed by atoms with Crippen molar-refractivity contribution in [1.29, 1.82) is 0 Å². The summed E-state index contributed by atoms with van der Waals surface area (Å²) < 4.78 is 6.01. The third kappa shape index (κ3) is 8.66. The number of benzene rings is 3. The number of rotatable bonds is 9. The molecule has 5 amide bonds. The van der Waals surface area contributed by atoms with E-state index in [0.717, 1.165) is 16.7 Å². The Morgan fingerprint density at radius 3 is 2.35 bits per heavy atom. The molecule has 5 N–H and O–H groups in total. The van der Waals surface area contributed by atoms with Crippen LogP contribution >= 0.6 is 0 Å². The molecule has 0 radical (unpaired) electrons. The van der Waals surface area contributed by atoms with Crippen molar-refractivity contribution in [2.24, 2.45) is 0 Å². The number of Topliss-reactive ketones (excluding diaryl/α,β-unsaturated/α-hetero) is 1. The van der Waals surface area contributed by atoms with Crippen LogP contribution in [0.4, 0.5) is 0 Å². The highest BCUT2D eigenvalue weighted by atomic mass is 16.5. The van der Waals surface area contributed by atoms with Crippen LogP contribution in [0.15, 0.2) is 72.8 Å². The van der Waals surface area contributed by atoms with Gasteiger partial charge in [-0.15, -0.1) is 0 Å². The van der Waals surface area contributed by atoms with Crippen LogP contribution in [0.1, 0.15) is 41.6 Å². The fourth-order valence-electron chi connectivity index (χ4n) is 5.57. The van der Waals surface area contributed by atoms with Crippen LogP contribution in [0, 0.1) is 0 Å². The van der Waals surface area contributed by atoms with Crippen molar-refractivity contribution in [2.75, 3.05) is 13.1 Å². The SMILES string of the molecule is CC(NC(=O)C1Cc2ccc3cc2CN1C(=O)CNC(=O)CCc1ccc(cc1)O3)C(=O)C(=O)NCC(=O)NC(C(=O)O)c1ccccc1. The number of ether oxygens (including phenoxy) is 1. The fourth-order valence-corrected chi connectivity index (χ4v) is 5.57. The van der Waals surface area contributed by atoms with E-state index in [2.05, 4.69) is 21.3 Å². The Morgan fingerprint density at radius 1 is 0.918 bits per heavy atom. The molecule has 14 heteroatoms. The number of hydrogen-bond acceptors (Lipinski definition) is 8. The molecule has 3 aliphatic rings. The molecule has 0 saturated carbocycles. The smallest absolute Gasteiger partial charge is 0.330 e. The number of aliphatic carboxylic acids is 1. The fraction of sp³-hybridized carbons (Fsp3) is 0.286. The van der Waals surface area contributed by atoms with Gasteiger partial charge in [0, 0.05) is 19.4 Å². The van der Waals surface area contributed by atoms with Gasteiger partial charge in [0.1, 0.15) is 17.5 Å². The van der Waals surface area contributed by atoms with E-state index in [0.29, 0.717) is 23.5 Å².